The van der Waals surface area contributed by atoms with Gasteiger partial charge in [0.15, 0.2) is 5.82 Å². The van der Waals surface area contributed by atoms with Crippen molar-refractivity contribution in [3.63, 3.8) is 0 Å². The Morgan fingerprint density at radius 2 is 1.80 bits per heavy atom. The van der Waals surface area contributed by atoms with Crippen molar-refractivity contribution in [2.24, 2.45) is 5.92 Å². The van der Waals surface area contributed by atoms with Crippen LogP contribution < -0.4 is 10.2 Å². The zero-order chi connectivity index (χ0) is 17.8. The molecular formula is C19H23ClN4O. The largest absolute Gasteiger partial charge is 0.355 e. The van der Waals surface area contributed by atoms with Crippen molar-refractivity contribution in [3.05, 3.63) is 41.4 Å². The lowest BCUT2D eigenvalue weighted by Gasteiger charge is -2.32. The molecule has 2 heterocycles. The number of rotatable bonds is 4. The molecule has 2 aromatic rings. The smallest absolute Gasteiger partial charge is 0.223 e. The van der Waals surface area contributed by atoms with Gasteiger partial charge in [-0.15, -0.1) is 10.2 Å². The van der Waals surface area contributed by atoms with Crippen molar-refractivity contribution in [3.8, 4) is 11.3 Å². The molecule has 3 rings (SSSR count). The van der Waals surface area contributed by atoms with Crippen LogP contribution in [0.2, 0.25) is 5.02 Å². The summed E-state index contributed by atoms with van der Waals surface area (Å²) in [5, 5.41) is 12.4. The maximum Gasteiger partial charge on any atom is 0.223 e. The van der Waals surface area contributed by atoms with Crippen molar-refractivity contribution >= 4 is 23.3 Å². The number of hydrogen-bond acceptors (Lipinski definition) is 4. The van der Waals surface area contributed by atoms with Crippen molar-refractivity contribution in [1.29, 1.82) is 0 Å². The SMILES string of the molecule is CC(C)NC(=O)C1CCN(c2ccc(-c3ccc(Cl)cc3)nn2)CC1. The van der Waals surface area contributed by atoms with Crippen LogP contribution in [0.1, 0.15) is 26.7 Å². The van der Waals surface area contributed by atoms with Gasteiger partial charge in [0.25, 0.3) is 0 Å². The van der Waals surface area contributed by atoms with E-state index in [4.69, 9.17) is 11.6 Å². The zero-order valence-corrected chi connectivity index (χ0v) is 15.3. The Labute approximate surface area is 153 Å². The van der Waals surface area contributed by atoms with E-state index >= 15 is 0 Å². The van der Waals surface area contributed by atoms with Crippen LogP contribution in [-0.4, -0.2) is 35.2 Å². The summed E-state index contributed by atoms with van der Waals surface area (Å²) in [6.07, 6.45) is 1.69. The number of carbonyl (C=O) groups excluding carboxylic acids is 1. The first-order chi connectivity index (χ1) is 12.0. The Hall–Kier alpha value is -2.14. The fourth-order valence-electron chi connectivity index (χ4n) is 3.04. The highest BCUT2D eigenvalue weighted by Crippen LogP contribution is 2.24. The summed E-state index contributed by atoms with van der Waals surface area (Å²) in [5.41, 5.74) is 1.82. The minimum absolute atomic E-state index is 0.0972. The van der Waals surface area contributed by atoms with Crippen molar-refractivity contribution in [2.75, 3.05) is 18.0 Å². The average molecular weight is 359 g/mol. The second-order valence-corrected chi connectivity index (χ2v) is 7.14. The minimum atomic E-state index is 0.0972. The van der Waals surface area contributed by atoms with Crippen LogP contribution >= 0.6 is 11.6 Å². The lowest BCUT2D eigenvalue weighted by atomic mass is 9.95. The Morgan fingerprint density at radius 3 is 2.36 bits per heavy atom. The molecule has 1 N–H and O–H groups in total. The summed E-state index contributed by atoms with van der Waals surface area (Å²) in [5.74, 6) is 1.12. The first kappa shape index (κ1) is 17.7. The third-order valence-corrected chi connectivity index (χ3v) is 4.66. The van der Waals surface area contributed by atoms with E-state index in [1.165, 1.54) is 0 Å². The number of aromatic nitrogens is 2. The van der Waals surface area contributed by atoms with Crippen molar-refractivity contribution in [2.45, 2.75) is 32.7 Å². The van der Waals surface area contributed by atoms with E-state index in [1.54, 1.807) is 0 Å². The summed E-state index contributed by atoms with van der Waals surface area (Å²) in [7, 11) is 0. The molecule has 0 aliphatic carbocycles. The third kappa shape index (κ3) is 4.48. The molecule has 0 atom stereocenters. The topological polar surface area (TPSA) is 58.1 Å². The second kappa shape index (κ2) is 7.83. The summed E-state index contributed by atoms with van der Waals surface area (Å²) < 4.78 is 0. The number of hydrogen-bond donors (Lipinski definition) is 1. The van der Waals surface area contributed by atoms with Crippen molar-refractivity contribution < 1.29 is 4.79 Å². The molecule has 0 spiro atoms. The molecule has 1 aromatic heterocycles. The van der Waals surface area contributed by atoms with Gasteiger partial charge in [0.05, 0.1) is 5.69 Å². The van der Waals surface area contributed by atoms with Crippen LogP contribution in [0.4, 0.5) is 5.82 Å². The molecule has 1 aromatic carbocycles. The van der Waals surface area contributed by atoms with Crippen molar-refractivity contribution in [1.82, 2.24) is 15.5 Å². The fraction of sp³-hybridized carbons (Fsp3) is 0.421. The highest BCUT2D eigenvalue weighted by molar-refractivity contribution is 6.30. The molecular weight excluding hydrogens is 336 g/mol. The molecule has 0 bridgehead atoms. The second-order valence-electron chi connectivity index (χ2n) is 6.71. The Balaban J connectivity index is 1.60. The molecule has 0 radical (unpaired) electrons. The van der Waals surface area contributed by atoms with Gasteiger partial charge >= 0.3 is 0 Å². The number of benzene rings is 1. The van der Waals surface area contributed by atoms with E-state index in [9.17, 15) is 4.79 Å². The molecule has 1 amide bonds. The lowest BCUT2D eigenvalue weighted by molar-refractivity contribution is -0.126. The Morgan fingerprint density at radius 1 is 1.12 bits per heavy atom. The van der Waals surface area contributed by atoms with E-state index in [0.717, 1.165) is 43.0 Å². The van der Waals surface area contributed by atoms with Gasteiger partial charge in [-0.3, -0.25) is 4.79 Å². The van der Waals surface area contributed by atoms with Crippen LogP contribution in [0.3, 0.4) is 0 Å². The van der Waals surface area contributed by atoms with Crippen LogP contribution in [-0.2, 0) is 4.79 Å². The number of piperidine rings is 1. The molecule has 0 saturated carbocycles. The monoisotopic (exact) mass is 358 g/mol. The molecule has 25 heavy (non-hydrogen) atoms. The first-order valence-corrected chi connectivity index (χ1v) is 9.05. The normalized spacial score (nSPS) is 15.4. The van der Waals surface area contributed by atoms with Gasteiger partial charge in [-0.2, -0.15) is 0 Å². The summed E-state index contributed by atoms with van der Waals surface area (Å²) >= 11 is 5.92. The molecule has 6 heteroatoms. The van der Waals surface area contributed by atoms with Crippen LogP contribution in [0.5, 0.6) is 0 Å². The van der Waals surface area contributed by atoms with Crippen LogP contribution in [0, 0.1) is 5.92 Å². The Bertz CT molecular complexity index is 707. The molecule has 0 unspecified atom stereocenters. The van der Waals surface area contributed by atoms with E-state index in [-0.39, 0.29) is 17.9 Å². The molecule has 1 aliphatic rings. The average Bonchev–Trinajstić information content (AvgIpc) is 2.62. The number of nitrogens with zero attached hydrogens (tertiary/aromatic N) is 3. The minimum Gasteiger partial charge on any atom is -0.355 e. The van der Waals surface area contributed by atoms with Gasteiger partial charge in [0.2, 0.25) is 5.91 Å². The van der Waals surface area contributed by atoms with E-state index in [0.29, 0.717) is 5.02 Å². The number of amides is 1. The summed E-state index contributed by atoms with van der Waals surface area (Å²) in [6.45, 7) is 5.63. The number of carbonyl (C=O) groups is 1. The molecule has 5 nitrogen and oxygen atoms in total. The molecule has 132 valence electrons. The quantitative estimate of drug-likeness (QED) is 0.908. The van der Waals surface area contributed by atoms with Gasteiger partial charge in [0.1, 0.15) is 0 Å². The lowest BCUT2D eigenvalue weighted by Crippen LogP contribution is -2.42. The predicted octanol–water partition coefficient (Wildman–Crippen LogP) is 3.54. The maximum atomic E-state index is 12.1. The molecule has 1 saturated heterocycles. The number of nitrogens with one attached hydrogen (secondary N) is 1. The standard InChI is InChI=1S/C19H23ClN4O/c1-13(2)21-19(25)15-9-11-24(12-10-15)18-8-7-17(22-23-18)14-3-5-16(20)6-4-14/h3-8,13,15H,9-12H2,1-2H3,(H,21,25). The van der Waals surface area contributed by atoms with Gasteiger partial charge in [-0.05, 0) is 51.0 Å². The first-order valence-electron chi connectivity index (χ1n) is 8.68. The highest BCUT2D eigenvalue weighted by Gasteiger charge is 2.26. The van der Waals surface area contributed by atoms with E-state index in [1.807, 2.05) is 50.2 Å². The van der Waals surface area contributed by atoms with Crippen LogP contribution in [0.25, 0.3) is 11.3 Å². The molecule has 1 fully saturated rings. The predicted molar refractivity (Wildman–Crippen MR) is 101 cm³/mol. The van der Waals surface area contributed by atoms with Gasteiger partial charge in [-0.25, -0.2) is 0 Å². The molecule has 1 aliphatic heterocycles. The maximum absolute atomic E-state index is 12.1. The highest BCUT2D eigenvalue weighted by atomic mass is 35.5. The van der Waals surface area contributed by atoms with Crippen LogP contribution in [0.15, 0.2) is 36.4 Å². The summed E-state index contributed by atoms with van der Waals surface area (Å²) in [6, 6.07) is 11.7. The van der Waals surface area contributed by atoms with E-state index in [2.05, 4.69) is 20.4 Å². The van der Waals surface area contributed by atoms with Gasteiger partial charge in [-0.1, -0.05) is 23.7 Å². The third-order valence-electron chi connectivity index (χ3n) is 4.41. The number of anilines is 1. The van der Waals surface area contributed by atoms with Gasteiger partial charge < -0.3 is 10.2 Å². The zero-order valence-electron chi connectivity index (χ0n) is 14.6. The van der Waals surface area contributed by atoms with Gasteiger partial charge in [0, 0.05) is 35.6 Å². The van der Waals surface area contributed by atoms with E-state index < -0.39 is 0 Å². The Kier molecular flexibility index (Phi) is 5.53. The summed E-state index contributed by atoms with van der Waals surface area (Å²) in [4.78, 5) is 14.3. The fourth-order valence-corrected chi connectivity index (χ4v) is 3.17. The number of halogens is 1.